The van der Waals surface area contributed by atoms with Crippen molar-refractivity contribution in [2.75, 3.05) is 17.1 Å². The topological polar surface area (TPSA) is 86.8 Å². The molecule has 35 heavy (non-hydrogen) atoms. The number of carbonyl (C=O) groups is 2. The highest BCUT2D eigenvalue weighted by Crippen LogP contribution is 2.23. The van der Waals surface area contributed by atoms with E-state index >= 15 is 0 Å². The molecule has 2 amide bonds. The predicted octanol–water partition coefficient (Wildman–Crippen LogP) is 4.73. The van der Waals surface area contributed by atoms with Crippen molar-refractivity contribution in [2.24, 2.45) is 0 Å². The van der Waals surface area contributed by atoms with Crippen LogP contribution in [0.25, 0.3) is 0 Å². The minimum absolute atomic E-state index is 0.0994. The molecule has 1 fully saturated rings. The molecule has 7 nitrogen and oxygen atoms in total. The van der Waals surface area contributed by atoms with Gasteiger partial charge in [-0.2, -0.15) is 0 Å². The molecule has 0 saturated heterocycles. The number of halogens is 2. The number of nitrogens with zero attached hydrogens (tertiary/aromatic N) is 2. The van der Waals surface area contributed by atoms with Crippen molar-refractivity contribution in [1.82, 2.24) is 10.2 Å². The summed E-state index contributed by atoms with van der Waals surface area (Å²) in [5.74, 6) is -0.722. The number of rotatable bonds is 9. The number of anilines is 1. The van der Waals surface area contributed by atoms with E-state index in [0.717, 1.165) is 46.3 Å². The van der Waals surface area contributed by atoms with Gasteiger partial charge in [0.25, 0.3) is 0 Å². The highest BCUT2D eigenvalue weighted by molar-refractivity contribution is 9.10. The van der Waals surface area contributed by atoms with E-state index in [-0.39, 0.29) is 24.2 Å². The van der Waals surface area contributed by atoms with Gasteiger partial charge in [-0.15, -0.1) is 0 Å². The van der Waals surface area contributed by atoms with Gasteiger partial charge in [0, 0.05) is 22.1 Å². The van der Waals surface area contributed by atoms with Gasteiger partial charge >= 0.3 is 0 Å². The fourth-order valence-corrected chi connectivity index (χ4v) is 5.47. The number of benzene rings is 2. The van der Waals surface area contributed by atoms with Crippen LogP contribution < -0.4 is 9.62 Å². The molecule has 0 radical (unpaired) electrons. The molecule has 3 rings (SSSR count). The van der Waals surface area contributed by atoms with Crippen LogP contribution in [0.5, 0.6) is 0 Å². The second kappa shape index (κ2) is 12.2. The first-order valence-corrected chi connectivity index (χ1v) is 14.6. The third-order valence-electron chi connectivity index (χ3n) is 6.16. The van der Waals surface area contributed by atoms with Crippen molar-refractivity contribution in [3.05, 3.63) is 63.6 Å². The molecule has 0 heterocycles. The Hall–Kier alpha value is -2.10. The number of amides is 2. The van der Waals surface area contributed by atoms with Gasteiger partial charge in [0.15, 0.2) is 0 Å². The summed E-state index contributed by atoms with van der Waals surface area (Å²) in [6.07, 6.45) is 6.21. The molecule has 0 aliphatic heterocycles. The third kappa shape index (κ3) is 7.95. The lowest BCUT2D eigenvalue weighted by molar-refractivity contribution is -0.139. The Morgan fingerprint density at radius 2 is 1.77 bits per heavy atom. The summed E-state index contributed by atoms with van der Waals surface area (Å²) in [4.78, 5) is 28.1. The Morgan fingerprint density at radius 3 is 2.37 bits per heavy atom. The van der Waals surface area contributed by atoms with Crippen molar-refractivity contribution in [1.29, 1.82) is 0 Å². The zero-order valence-electron chi connectivity index (χ0n) is 19.9. The lowest BCUT2D eigenvalue weighted by atomic mass is 9.95. The zero-order valence-corrected chi connectivity index (χ0v) is 23.1. The van der Waals surface area contributed by atoms with E-state index in [1.165, 1.54) is 17.4 Å². The Balaban J connectivity index is 1.86. The van der Waals surface area contributed by atoms with E-state index < -0.39 is 28.5 Å². The van der Waals surface area contributed by atoms with Crippen molar-refractivity contribution >= 4 is 55.1 Å². The van der Waals surface area contributed by atoms with Gasteiger partial charge in [-0.05, 0) is 55.7 Å². The molecule has 0 aromatic heterocycles. The van der Waals surface area contributed by atoms with Crippen LogP contribution in [-0.2, 0) is 26.2 Å². The predicted molar refractivity (Wildman–Crippen MR) is 143 cm³/mol. The average molecular weight is 585 g/mol. The maximum absolute atomic E-state index is 13.6. The van der Waals surface area contributed by atoms with Crippen LogP contribution >= 0.6 is 27.5 Å². The smallest absolute Gasteiger partial charge is 0.244 e. The molecule has 1 saturated carbocycles. The molecule has 10 heteroatoms. The SMILES string of the molecule is CC(C(=O)NC1CCCCC1)N(Cc1ccc(Br)cc1)C(=O)CN(c1cccc(Cl)c1)S(C)(=O)=O. The Bertz CT molecular complexity index is 1140. The first-order valence-electron chi connectivity index (χ1n) is 11.6. The van der Waals surface area contributed by atoms with Crippen LogP contribution in [-0.4, -0.2) is 50.0 Å². The van der Waals surface area contributed by atoms with Gasteiger partial charge < -0.3 is 10.2 Å². The maximum Gasteiger partial charge on any atom is 0.244 e. The molecular formula is C25H31BrClN3O4S. The fraction of sp³-hybridized carbons (Fsp3) is 0.440. The molecule has 1 atom stereocenters. The van der Waals surface area contributed by atoms with Gasteiger partial charge in [0.05, 0.1) is 11.9 Å². The lowest BCUT2D eigenvalue weighted by Gasteiger charge is -2.33. The summed E-state index contributed by atoms with van der Waals surface area (Å²) in [5, 5.41) is 3.44. The normalized spacial score (nSPS) is 15.3. The molecule has 2 aromatic carbocycles. The summed E-state index contributed by atoms with van der Waals surface area (Å²) >= 11 is 9.47. The monoisotopic (exact) mass is 583 g/mol. The number of nitrogens with one attached hydrogen (secondary N) is 1. The summed E-state index contributed by atoms with van der Waals surface area (Å²) in [5.41, 5.74) is 1.11. The Kier molecular flexibility index (Phi) is 9.61. The maximum atomic E-state index is 13.6. The molecule has 1 unspecified atom stereocenters. The standard InChI is InChI=1S/C25H31BrClN3O4S/c1-18(25(32)28-22-8-4-3-5-9-22)29(16-19-11-13-20(26)14-12-19)24(31)17-30(35(2,33)34)23-10-6-7-21(27)15-23/h6-7,10-15,18,22H,3-5,8-9,16-17H2,1-2H3,(H,28,32). The molecule has 1 aliphatic carbocycles. The second-order valence-corrected chi connectivity index (χ2v) is 12.2. The lowest BCUT2D eigenvalue weighted by Crippen LogP contribution is -2.52. The number of sulfonamides is 1. The number of carbonyl (C=O) groups excluding carboxylic acids is 2. The van der Waals surface area contributed by atoms with E-state index in [4.69, 9.17) is 11.6 Å². The van der Waals surface area contributed by atoms with Crippen LogP contribution in [0.1, 0.15) is 44.6 Å². The molecule has 1 aliphatic rings. The van der Waals surface area contributed by atoms with Gasteiger partial charge in [-0.1, -0.05) is 65.0 Å². The highest BCUT2D eigenvalue weighted by Gasteiger charge is 2.31. The first kappa shape index (κ1) is 27.5. The molecule has 190 valence electrons. The quantitative estimate of drug-likeness (QED) is 0.462. The van der Waals surface area contributed by atoms with E-state index in [0.29, 0.717) is 5.02 Å². The Morgan fingerprint density at radius 1 is 1.11 bits per heavy atom. The van der Waals surface area contributed by atoms with Gasteiger partial charge in [0.1, 0.15) is 12.6 Å². The summed E-state index contributed by atoms with van der Waals surface area (Å²) in [6, 6.07) is 13.1. The molecule has 2 aromatic rings. The van der Waals surface area contributed by atoms with Gasteiger partial charge in [-0.25, -0.2) is 8.42 Å². The van der Waals surface area contributed by atoms with Crippen molar-refractivity contribution in [2.45, 2.75) is 57.7 Å². The van der Waals surface area contributed by atoms with E-state index in [2.05, 4.69) is 21.2 Å². The second-order valence-electron chi connectivity index (χ2n) is 8.92. The fourth-order valence-electron chi connectivity index (χ4n) is 4.18. The van der Waals surface area contributed by atoms with Crippen molar-refractivity contribution < 1.29 is 18.0 Å². The van der Waals surface area contributed by atoms with E-state index in [1.54, 1.807) is 25.1 Å². The molecule has 1 N–H and O–H groups in total. The van der Waals surface area contributed by atoms with Crippen molar-refractivity contribution in [3.63, 3.8) is 0 Å². The minimum Gasteiger partial charge on any atom is -0.352 e. The molecule has 0 spiro atoms. The van der Waals surface area contributed by atoms with Crippen LogP contribution in [0, 0.1) is 0 Å². The van der Waals surface area contributed by atoms with Crippen LogP contribution in [0.15, 0.2) is 53.0 Å². The first-order chi connectivity index (χ1) is 16.5. The number of hydrogen-bond acceptors (Lipinski definition) is 4. The molecule has 0 bridgehead atoms. The largest absolute Gasteiger partial charge is 0.352 e. The van der Waals surface area contributed by atoms with E-state index in [1.807, 2.05) is 24.3 Å². The summed E-state index contributed by atoms with van der Waals surface area (Å²) in [6.45, 7) is 1.40. The average Bonchev–Trinajstić information content (AvgIpc) is 2.81. The van der Waals surface area contributed by atoms with Crippen LogP contribution in [0.2, 0.25) is 5.02 Å². The molecular weight excluding hydrogens is 554 g/mol. The van der Waals surface area contributed by atoms with Crippen LogP contribution in [0.4, 0.5) is 5.69 Å². The van der Waals surface area contributed by atoms with E-state index in [9.17, 15) is 18.0 Å². The van der Waals surface area contributed by atoms with Gasteiger partial charge in [-0.3, -0.25) is 13.9 Å². The summed E-state index contributed by atoms with van der Waals surface area (Å²) < 4.78 is 27.1. The van der Waals surface area contributed by atoms with Crippen molar-refractivity contribution in [3.8, 4) is 0 Å². The highest BCUT2D eigenvalue weighted by atomic mass is 79.9. The number of hydrogen-bond donors (Lipinski definition) is 1. The van der Waals surface area contributed by atoms with Crippen LogP contribution in [0.3, 0.4) is 0 Å². The Labute approximate surface area is 221 Å². The van der Waals surface area contributed by atoms with Gasteiger partial charge in [0.2, 0.25) is 21.8 Å². The zero-order chi connectivity index (χ0) is 25.6. The summed E-state index contributed by atoms with van der Waals surface area (Å²) in [7, 11) is -3.79. The minimum atomic E-state index is -3.79. The third-order valence-corrected chi connectivity index (χ3v) is 8.06.